The molecule has 2 aromatic rings. The highest BCUT2D eigenvalue weighted by atomic mass is 16.3. The van der Waals surface area contributed by atoms with E-state index in [4.69, 9.17) is 0 Å². The minimum absolute atomic E-state index is 0.0281. The Morgan fingerprint density at radius 3 is 2.19 bits per heavy atom. The molecule has 0 aromatic heterocycles. The molecule has 0 bridgehead atoms. The van der Waals surface area contributed by atoms with Gasteiger partial charge < -0.3 is 15.3 Å². The van der Waals surface area contributed by atoms with Gasteiger partial charge in [-0.05, 0) is 47.9 Å². The highest BCUT2D eigenvalue weighted by Crippen LogP contribution is 2.20. The normalized spacial score (nSPS) is 15.3. The zero-order chi connectivity index (χ0) is 18.5. The van der Waals surface area contributed by atoms with E-state index in [-0.39, 0.29) is 11.7 Å². The number of benzene rings is 2. The Bertz CT molecular complexity index is 718. The van der Waals surface area contributed by atoms with Gasteiger partial charge >= 0.3 is 0 Å². The van der Waals surface area contributed by atoms with E-state index < -0.39 is 0 Å². The van der Waals surface area contributed by atoms with Crippen LogP contribution in [0.4, 0.5) is 11.4 Å². The molecule has 1 fully saturated rings. The summed E-state index contributed by atoms with van der Waals surface area (Å²) in [5.74, 6) is 0.801. The van der Waals surface area contributed by atoms with Crippen LogP contribution in [0.15, 0.2) is 48.5 Å². The molecule has 0 saturated carbocycles. The van der Waals surface area contributed by atoms with E-state index >= 15 is 0 Å². The van der Waals surface area contributed by atoms with E-state index in [0.717, 1.165) is 37.6 Å². The first-order chi connectivity index (χ1) is 12.5. The summed E-state index contributed by atoms with van der Waals surface area (Å²) >= 11 is 0. The van der Waals surface area contributed by atoms with Crippen molar-refractivity contribution in [3.8, 4) is 5.75 Å². The van der Waals surface area contributed by atoms with Crippen molar-refractivity contribution in [3.63, 3.8) is 0 Å². The van der Waals surface area contributed by atoms with Gasteiger partial charge in [-0.1, -0.05) is 26.0 Å². The van der Waals surface area contributed by atoms with Crippen molar-refractivity contribution in [2.24, 2.45) is 0 Å². The number of hydrogen-bond donors (Lipinski definition) is 2. The molecule has 3 rings (SSSR count). The topological polar surface area (TPSA) is 55.8 Å². The summed E-state index contributed by atoms with van der Waals surface area (Å²) < 4.78 is 0. The first kappa shape index (κ1) is 18.3. The zero-order valence-corrected chi connectivity index (χ0v) is 15.5. The van der Waals surface area contributed by atoms with Crippen LogP contribution in [0.1, 0.15) is 25.3 Å². The number of phenols is 1. The van der Waals surface area contributed by atoms with Crippen molar-refractivity contribution in [1.29, 1.82) is 0 Å². The monoisotopic (exact) mass is 353 g/mol. The number of phenolic OH excluding ortho intramolecular Hbond substituents is 1. The van der Waals surface area contributed by atoms with Crippen LogP contribution in [-0.4, -0.2) is 48.6 Å². The Hall–Kier alpha value is -2.53. The second-order valence-corrected chi connectivity index (χ2v) is 7.10. The van der Waals surface area contributed by atoms with Crippen LogP contribution in [0.3, 0.4) is 0 Å². The van der Waals surface area contributed by atoms with Gasteiger partial charge in [0.2, 0.25) is 5.91 Å². The number of nitrogens with zero attached hydrogens (tertiary/aromatic N) is 2. The molecule has 138 valence electrons. The van der Waals surface area contributed by atoms with E-state index in [1.165, 1.54) is 5.56 Å². The van der Waals surface area contributed by atoms with Crippen molar-refractivity contribution >= 4 is 17.3 Å². The molecule has 1 aliphatic rings. The van der Waals surface area contributed by atoms with Crippen LogP contribution in [0.2, 0.25) is 0 Å². The Balaban J connectivity index is 1.46. The minimum atomic E-state index is 0.0281. The fourth-order valence-electron chi connectivity index (χ4n) is 3.18. The van der Waals surface area contributed by atoms with Crippen molar-refractivity contribution < 1.29 is 9.90 Å². The molecule has 5 nitrogen and oxygen atoms in total. The Labute approximate surface area is 155 Å². The third-order valence-electron chi connectivity index (χ3n) is 4.82. The second-order valence-electron chi connectivity index (χ2n) is 7.10. The van der Waals surface area contributed by atoms with Gasteiger partial charge in [0.15, 0.2) is 0 Å². The van der Waals surface area contributed by atoms with Gasteiger partial charge in [-0.15, -0.1) is 0 Å². The van der Waals surface area contributed by atoms with Crippen LogP contribution in [0.25, 0.3) is 0 Å². The van der Waals surface area contributed by atoms with E-state index in [1.807, 2.05) is 24.3 Å². The number of carbonyl (C=O) groups excluding carboxylic acids is 1. The maximum Gasteiger partial charge on any atom is 0.238 e. The zero-order valence-electron chi connectivity index (χ0n) is 15.5. The fraction of sp³-hybridized carbons (Fsp3) is 0.381. The molecule has 0 atom stereocenters. The first-order valence-corrected chi connectivity index (χ1v) is 9.17. The number of hydrogen-bond acceptors (Lipinski definition) is 4. The molecule has 26 heavy (non-hydrogen) atoms. The lowest BCUT2D eigenvalue weighted by Crippen LogP contribution is -2.48. The molecule has 0 aliphatic carbocycles. The molecule has 1 saturated heterocycles. The van der Waals surface area contributed by atoms with Crippen LogP contribution in [0, 0.1) is 0 Å². The molecule has 1 amide bonds. The van der Waals surface area contributed by atoms with Crippen molar-refractivity contribution in [2.75, 3.05) is 42.9 Å². The molecule has 2 N–H and O–H groups in total. The van der Waals surface area contributed by atoms with Gasteiger partial charge in [-0.25, -0.2) is 0 Å². The molecule has 0 spiro atoms. The molecule has 1 aliphatic heterocycles. The van der Waals surface area contributed by atoms with E-state index in [9.17, 15) is 9.90 Å². The van der Waals surface area contributed by atoms with Gasteiger partial charge in [-0.2, -0.15) is 0 Å². The first-order valence-electron chi connectivity index (χ1n) is 9.17. The van der Waals surface area contributed by atoms with Crippen LogP contribution in [0.5, 0.6) is 5.75 Å². The number of carbonyl (C=O) groups is 1. The average Bonchev–Trinajstić information content (AvgIpc) is 2.63. The lowest BCUT2D eigenvalue weighted by atomic mass is 10.0. The van der Waals surface area contributed by atoms with Crippen molar-refractivity contribution in [2.45, 2.75) is 19.8 Å². The molecular formula is C21H27N3O2. The summed E-state index contributed by atoms with van der Waals surface area (Å²) in [5.41, 5.74) is 3.23. The molecule has 2 aromatic carbocycles. The lowest BCUT2D eigenvalue weighted by molar-refractivity contribution is -0.117. The fourth-order valence-corrected chi connectivity index (χ4v) is 3.18. The van der Waals surface area contributed by atoms with Crippen LogP contribution in [-0.2, 0) is 4.79 Å². The predicted octanol–water partition coefficient (Wildman–Crippen LogP) is 3.28. The van der Waals surface area contributed by atoms with Crippen LogP contribution >= 0.6 is 0 Å². The molecular weight excluding hydrogens is 326 g/mol. The largest absolute Gasteiger partial charge is 0.508 e. The van der Waals surface area contributed by atoms with Crippen molar-refractivity contribution in [3.05, 3.63) is 54.1 Å². The highest BCUT2D eigenvalue weighted by molar-refractivity contribution is 5.92. The van der Waals surface area contributed by atoms with Gasteiger partial charge in [0, 0.05) is 37.6 Å². The quantitative estimate of drug-likeness (QED) is 0.866. The maximum atomic E-state index is 12.3. The number of aromatic hydroxyl groups is 1. The lowest BCUT2D eigenvalue weighted by Gasteiger charge is -2.35. The van der Waals surface area contributed by atoms with Gasteiger partial charge in [-0.3, -0.25) is 9.69 Å². The summed E-state index contributed by atoms with van der Waals surface area (Å²) in [6.45, 7) is 8.18. The highest BCUT2D eigenvalue weighted by Gasteiger charge is 2.19. The standard InChI is InChI=1S/C21H27N3O2/c1-16(2)17-3-5-18(6-4-17)22-21(26)15-23-11-13-24(14-12-23)19-7-9-20(25)10-8-19/h3-10,16,25H,11-15H2,1-2H3,(H,22,26). The summed E-state index contributed by atoms with van der Waals surface area (Å²) in [6, 6.07) is 15.3. The van der Waals surface area contributed by atoms with E-state index in [1.54, 1.807) is 12.1 Å². The van der Waals surface area contributed by atoms with Gasteiger partial charge in [0.1, 0.15) is 5.75 Å². The SMILES string of the molecule is CC(C)c1ccc(NC(=O)CN2CCN(c3ccc(O)cc3)CC2)cc1. The summed E-state index contributed by atoms with van der Waals surface area (Å²) in [7, 11) is 0. The summed E-state index contributed by atoms with van der Waals surface area (Å²) in [4.78, 5) is 16.7. The van der Waals surface area contributed by atoms with Gasteiger partial charge in [0.25, 0.3) is 0 Å². The van der Waals surface area contributed by atoms with E-state index in [0.29, 0.717) is 12.5 Å². The third kappa shape index (κ3) is 4.76. The Morgan fingerprint density at radius 1 is 1.00 bits per heavy atom. The molecule has 1 heterocycles. The number of amides is 1. The molecule has 0 radical (unpaired) electrons. The number of piperazine rings is 1. The predicted molar refractivity (Wildman–Crippen MR) is 106 cm³/mol. The molecule has 5 heteroatoms. The molecule has 0 unspecified atom stereocenters. The summed E-state index contributed by atoms with van der Waals surface area (Å²) in [5, 5.41) is 12.4. The smallest absolute Gasteiger partial charge is 0.238 e. The maximum absolute atomic E-state index is 12.3. The Morgan fingerprint density at radius 2 is 1.62 bits per heavy atom. The summed E-state index contributed by atoms with van der Waals surface area (Å²) in [6.07, 6.45) is 0. The number of rotatable bonds is 5. The van der Waals surface area contributed by atoms with E-state index in [2.05, 4.69) is 41.1 Å². The minimum Gasteiger partial charge on any atom is -0.508 e. The average molecular weight is 353 g/mol. The third-order valence-corrected chi connectivity index (χ3v) is 4.82. The van der Waals surface area contributed by atoms with Gasteiger partial charge in [0.05, 0.1) is 6.54 Å². The second kappa shape index (κ2) is 8.23. The van der Waals surface area contributed by atoms with Crippen LogP contribution < -0.4 is 10.2 Å². The number of anilines is 2. The van der Waals surface area contributed by atoms with Crippen molar-refractivity contribution in [1.82, 2.24) is 4.90 Å². The Kier molecular flexibility index (Phi) is 5.78. The number of nitrogens with one attached hydrogen (secondary N) is 1.